The number of nitrogens with two attached hydrogens (primary N) is 2. The number of quaternary nitrogens is 1. The molecule has 2 rings (SSSR count). The molecular formula is C17H19N3O5S. The number of carboxylic acids is 1. The number of anilines is 1. The smallest absolute Gasteiger partial charge is 0.238 e. The minimum Gasteiger partial charge on any atom is -0.544 e. The summed E-state index contributed by atoms with van der Waals surface area (Å²) in [5, 5.41) is 20.3. The molecule has 0 unspecified atom stereocenters. The lowest BCUT2D eigenvalue weighted by Gasteiger charge is -2.16. The molecule has 0 saturated carbocycles. The highest BCUT2D eigenvalue weighted by Crippen LogP contribution is 2.13. The largest absolute Gasteiger partial charge is 0.544 e. The zero-order valence-corrected chi connectivity index (χ0v) is 14.6. The van der Waals surface area contributed by atoms with Crippen LogP contribution in [0.4, 0.5) is 5.69 Å². The summed E-state index contributed by atoms with van der Waals surface area (Å²) >= 11 is 0. The van der Waals surface area contributed by atoms with E-state index in [1.165, 1.54) is 29.6 Å². The van der Waals surface area contributed by atoms with Gasteiger partial charge in [0.25, 0.3) is 0 Å². The molecule has 0 aliphatic heterocycles. The summed E-state index contributed by atoms with van der Waals surface area (Å²) in [4.78, 5) is 23.2. The van der Waals surface area contributed by atoms with Gasteiger partial charge < -0.3 is 20.5 Å². The number of hydrogen-bond donors (Lipinski definition) is 3. The van der Waals surface area contributed by atoms with E-state index >= 15 is 0 Å². The number of benzene rings is 2. The summed E-state index contributed by atoms with van der Waals surface area (Å²) in [5.41, 5.74) is 1.26. The topological polar surface area (TPSA) is 146 Å². The van der Waals surface area contributed by atoms with Crippen LogP contribution in [-0.4, -0.2) is 26.3 Å². The van der Waals surface area contributed by atoms with Gasteiger partial charge in [-0.1, -0.05) is 30.3 Å². The lowest BCUT2D eigenvalue weighted by Crippen LogP contribution is -2.92. The lowest BCUT2D eigenvalue weighted by molar-refractivity contribution is -0.697. The van der Waals surface area contributed by atoms with Crippen LogP contribution < -0.4 is 20.9 Å². The summed E-state index contributed by atoms with van der Waals surface area (Å²) in [7, 11) is -3.82. The van der Waals surface area contributed by atoms with Crippen molar-refractivity contribution in [2.45, 2.75) is 23.9 Å². The van der Waals surface area contributed by atoms with E-state index in [4.69, 9.17) is 5.14 Å². The normalized spacial score (nSPS) is 12.3. The Labute approximate surface area is 151 Å². The number of hydrogen-bond acceptors (Lipinski definition) is 5. The summed E-state index contributed by atoms with van der Waals surface area (Å²) in [5.74, 6) is -1.85. The fraction of sp³-hybridized carbons (Fsp3) is 0.176. The predicted molar refractivity (Wildman–Crippen MR) is 91.9 cm³/mol. The Morgan fingerprint density at radius 3 is 2.23 bits per heavy atom. The van der Waals surface area contributed by atoms with E-state index in [2.05, 4.69) is 5.32 Å². The van der Waals surface area contributed by atoms with E-state index in [1.807, 2.05) is 30.3 Å². The first-order valence-corrected chi connectivity index (χ1v) is 9.31. The number of sulfonamides is 1. The van der Waals surface area contributed by atoms with Crippen molar-refractivity contribution in [2.24, 2.45) is 5.14 Å². The third-order valence-electron chi connectivity index (χ3n) is 3.66. The number of rotatable bonds is 8. The molecule has 9 heteroatoms. The van der Waals surface area contributed by atoms with Gasteiger partial charge in [0.05, 0.1) is 17.3 Å². The molecule has 8 nitrogen and oxygen atoms in total. The Balaban J connectivity index is 1.94. The maximum atomic E-state index is 12.1. The van der Waals surface area contributed by atoms with Gasteiger partial charge in [0.15, 0.2) is 0 Å². The molecule has 1 atom stereocenters. The molecule has 0 bridgehead atoms. The van der Waals surface area contributed by atoms with Crippen molar-refractivity contribution < 1.29 is 28.4 Å². The minimum atomic E-state index is -3.82. The predicted octanol–water partition coefficient (Wildman–Crippen LogP) is -1.46. The molecule has 0 spiro atoms. The molecule has 1 amide bonds. The second-order valence-corrected chi connectivity index (χ2v) is 7.23. The Kier molecular flexibility index (Phi) is 6.45. The second-order valence-electron chi connectivity index (χ2n) is 5.67. The van der Waals surface area contributed by atoms with Crippen molar-refractivity contribution in [1.29, 1.82) is 0 Å². The summed E-state index contributed by atoms with van der Waals surface area (Å²) in [6.45, 7) is 0.399. The van der Waals surface area contributed by atoms with Gasteiger partial charge in [0.1, 0.15) is 12.6 Å². The molecule has 5 N–H and O–H groups in total. The quantitative estimate of drug-likeness (QED) is 0.515. The second kappa shape index (κ2) is 8.56. The number of nitrogens with one attached hydrogen (secondary N) is 1. The van der Waals surface area contributed by atoms with Crippen molar-refractivity contribution in [1.82, 2.24) is 0 Å². The molecule has 0 saturated heterocycles. The third-order valence-corrected chi connectivity index (χ3v) is 4.58. The van der Waals surface area contributed by atoms with E-state index in [0.29, 0.717) is 12.2 Å². The first kappa shape index (κ1) is 19.6. The molecule has 0 aromatic heterocycles. The van der Waals surface area contributed by atoms with Gasteiger partial charge in [-0.15, -0.1) is 0 Å². The van der Waals surface area contributed by atoms with Gasteiger partial charge in [0, 0.05) is 11.3 Å². The SMILES string of the molecule is NS(=O)(=O)c1ccc(NC(=O)C[C@H]([NH2+]Cc2ccccc2)C(=O)[O-])cc1. The van der Waals surface area contributed by atoms with E-state index < -0.39 is 27.9 Å². The molecule has 0 fully saturated rings. The van der Waals surface area contributed by atoms with Crippen molar-refractivity contribution in [3.63, 3.8) is 0 Å². The van der Waals surface area contributed by atoms with Crippen molar-refractivity contribution in [3.05, 3.63) is 60.2 Å². The van der Waals surface area contributed by atoms with Crippen LogP contribution in [0, 0.1) is 0 Å². The highest BCUT2D eigenvalue weighted by molar-refractivity contribution is 7.89. The van der Waals surface area contributed by atoms with E-state index in [0.717, 1.165) is 5.56 Å². The summed E-state index contributed by atoms with van der Waals surface area (Å²) in [6, 6.07) is 13.5. The van der Waals surface area contributed by atoms with Crippen molar-refractivity contribution in [3.8, 4) is 0 Å². The number of aliphatic carboxylic acids is 1. The van der Waals surface area contributed by atoms with Crippen LogP contribution in [-0.2, 0) is 26.2 Å². The molecule has 0 radical (unpaired) electrons. The number of primary sulfonamides is 1. The Morgan fingerprint density at radius 1 is 1.08 bits per heavy atom. The fourth-order valence-corrected chi connectivity index (χ4v) is 2.81. The highest BCUT2D eigenvalue weighted by atomic mass is 32.2. The van der Waals surface area contributed by atoms with E-state index in [1.54, 1.807) is 0 Å². The Morgan fingerprint density at radius 2 is 1.69 bits per heavy atom. The lowest BCUT2D eigenvalue weighted by atomic mass is 10.1. The Bertz CT molecular complexity index is 867. The van der Waals surface area contributed by atoms with Crippen molar-refractivity contribution >= 4 is 27.6 Å². The number of carbonyl (C=O) groups is 2. The molecule has 26 heavy (non-hydrogen) atoms. The van der Waals surface area contributed by atoms with E-state index in [9.17, 15) is 23.1 Å². The van der Waals surface area contributed by atoms with Crippen LogP contribution in [0.15, 0.2) is 59.5 Å². The number of amides is 1. The van der Waals surface area contributed by atoms with Gasteiger partial charge in [-0.05, 0) is 24.3 Å². The Hall–Kier alpha value is -2.75. The first-order valence-electron chi connectivity index (χ1n) is 7.76. The van der Waals surface area contributed by atoms with Crippen LogP contribution in [0.25, 0.3) is 0 Å². The standard InChI is InChI=1S/C17H19N3O5S/c18-26(24,25)14-8-6-13(7-9-14)20-16(21)10-15(17(22)23)19-11-12-4-2-1-3-5-12/h1-9,15,19H,10-11H2,(H,20,21)(H,22,23)(H2,18,24,25)/t15-/m0/s1. The van der Waals surface area contributed by atoms with Crippen LogP contribution in [0.3, 0.4) is 0 Å². The minimum absolute atomic E-state index is 0.0840. The maximum Gasteiger partial charge on any atom is 0.238 e. The third kappa shape index (κ3) is 5.96. The zero-order chi connectivity index (χ0) is 19.2. The van der Waals surface area contributed by atoms with Gasteiger partial charge in [-0.25, -0.2) is 13.6 Å². The average Bonchev–Trinajstić information content (AvgIpc) is 2.59. The van der Waals surface area contributed by atoms with E-state index in [-0.39, 0.29) is 11.3 Å². The monoisotopic (exact) mass is 377 g/mol. The van der Waals surface area contributed by atoms with Crippen LogP contribution in [0.1, 0.15) is 12.0 Å². The molecule has 0 aliphatic carbocycles. The molecular weight excluding hydrogens is 358 g/mol. The van der Waals surface area contributed by atoms with Crippen molar-refractivity contribution in [2.75, 3.05) is 5.32 Å². The summed E-state index contributed by atoms with van der Waals surface area (Å²) in [6.07, 6.45) is -0.286. The number of carboxylic acid groups (broad SMARTS) is 1. The van der Waals surface area contributed by atoms with Gasteiger partial charge in [-0.2, -0.15) is 0 Å². The maximum absolute atomic E-state index is 12.1. The van der Waals surface area contributed by atoms with Gasteiger partial charge in [0.2, 0.25) is 15.9 Å². The average molecular weight is 377 g/mol. The summed E-state index contributed by atoms with van der Waals surface area (Å²) < 4.78 is 22.4. The molecule has 0 heterocycles. The fourth-order valence-electron chi connectivity index (χ4n) is 2.30. The first-order chi connectivity index (χ1) is 12.3. The van der Waals surface area contributed by atoms with Crippen LogP contribution >= 0.6 is 0 Å². The molecule has 2 aromatic carbocycles. The van der Waals surface area contributed by atoms with Crippen LogP contribution in [0.2, 0.25) is 0 Å². The molecule has 0 aliphatic rings. The van der Waals surface area contributed by atoms with Crippen LogP contribution in [0.5, 0.6) is 0 Å². The number of carbonyl (C=O) groups excluding carboxylic acids is 2. The highest BCUT2D eigenvalue weighted by Gasteiger charge is 2.18. The van der Waals surface area contributed by atoms with Gasteiger partial charge in [-0.3, -0.25) is 4.79 Å². The molecule has 2 aromatic rings. The zero-order valence-electron chi connectivity index (χ0n) is 13.8. The van der Waals surface area contributed by atoms with Gasteiger partial charge >= 0.3 is 0 Å². The molecule has 138 valence electrons.